The second kappa shape index (κ2) is 8.72. The summed E-state index contributed by atoms with van der Waals surface area (Å²) in [6, 6.07) is 14.4. The van der Waals surface area contributed by atoms with E-state index in [-0.39, 0.29) is 5.95 Å². The molecule has 2 aromatic heterocycles. The average molecular weight is 409 g/mol. The number of nitrogens with two attached hydrogens (primary N) is 2. The monoisotopic (exact) mass is 409 g/mol. The Morgan fingerprint density at radius 2 is 1.94 bits per heavy atom. The summed E-state index contributed by atoms with van der Waals surface area (Å²) >= 11 is 0. The van der Waals surface area contributed by atoms with E-state index < -0.39 is 0 Å². The molecule has 0 atom stereocenters. The summed E-state index contributed by atoms with van der Waals surface area (Å²) in [5.74, 6) is 7.60. The Labute approximate surface area is 181 Å². The van der Waals surface area contributed by atoms with E-state index in [0.717, 1.165) is 38.9 Å². The molecule has 2 aromatic carbocycles. The third kappa shape index (κ3) is 4.26. The number of hydrogen-bond donors (Lipinski definition) is 2. The fraction of sp³-hybridized carbons (Fsp3) is 0.160. The van der Waals surface area contributed by atoms with Crippen molar-refractivity contribution < 1.29 is 4.74 Å². The zero-order valence-electron chi connectivity index (χ0n) is 17.5. The number of ether oxygens (including phenoxy) is 1. The van der Waals surface area contributed by atoms with Crippen LogP contribution < -0.4 is 16.2 Å². The third-order valence-corrected chi connectivity index (χ3v) is 5.06. The Hall–Kier alpha value is -4.11. The molecule has 4 N–H and O–H groups in total. The predicted octanol–water partition coefficient (Wildman–Crippen LogP) is 4.02. The minimum absolute atomic E-state index is 0.169. The maximum Gasteiger partial charge on any atom is 0.222 e. The molecule has 6 heteroatoms. The van der Waals surface area contributed by atoms with Crippen LogP contribution >= 0.6 is 0 Å². The van der Waals surface area contributed by atoms with Crippen LogP contribution in [0.25, 0.3) is 21.9 Å². The van der Waals surface area contributed by atoms with Crippen LogP contribution in [0.15, 0.2) is 54.9 Å². The molecule has 0 aliphatic heterocycles. The summed E-state index contributed by atoms with van der Waals surface area (Å²) in [5, 5.41) is 2.23. The van der Waals surface area contributed by atoms with Gasteiger partial charge in [0.25, 0.3) is 0 Å². The highest BCUT2D eigenvalue weighted by molar-refractivity contribution is 5.96. The van der Waals surface area contributed by atoms with Crippen LogP contribution in [0, 0.1) is 11.8 Å². The maximum atomic E-state index is 6.02. The van der Waals surface area contributed by atoms with Gasteiger partial charge in [0, 0.05) is 24.2 Å². The number of hydrogen-bond acceptors (Lipinski definition) is 6. The average Bonchev–Trinajstić information content (AvgIpc) is 2.79. The quantitative estimate of drug-likeness (QED) is 0.494. The number of pyridine rings is 1. The second-order valence-electron chi connectivity index (χ2n) is 7.09. The minimum atomic E-state index is 0.169. The van der Waals surface area contributed by atoms with Crippen molar-refractivity contribution in [2.45, 2.75) is 19.8 Å². The standard InChI is InChI=1S/C25H23N5O/c1-3-23-22(24(26)30-25(27)29-23)9-4-6-16-12-18(14-19(13-16)31-2)20-8-5-7-17-15-28-11-10-21(17)20/h5,7-8,10-15H,3,6H2,1-2H3,(H4,26,27,29,30). The Morgan fingerprint density at radius 1 is 1.06 bits per heavy atom. The zero-order valence-corrected chi connectivity index (χ0v) is 17.5. The highest BCUT2D eigenvalue weighted by atomic mass is 16.5. The summed E-state index contributed by atoms with van der Waals surface area (Å²) in [7, 11) is 1.67. The molecule has 0 fully saturated rings. The van der Waals surface area contributed by atoms with Crippen LogP contribution in [-0.2, 0) is 12.8 Å². The molecule has 0 radical (unpaired) electrons. The lowest BCUT2D eigenvalue weighted by Crippen LogP contribution is -2.06. The number of anilines is 2. The molecule has 4 aromatic rings. The largest absolute Gasteiger partial charge is 0.497 e. The van der Waals surface area contributed by atoms with Crippen molar-refractivity contribution in [1.82, 2.24) is 15.0 Å². The fourth-order valence-corrected chi connectivity index (χ4v) is 3.58. The van der Waals surface area contributed by atoms with Gasteiger partial charge in [-0.1, -0.05) is 37.0 Å². The molecule has 0 saturated carbocycles. The van der Waals surface area contributed by atoms with Gasteiger partial charge >= 0.3 is 0 Å². The van der Waals surface area contributed by atoms with Gasteiger partial charge in [0.05, 0.1) is 18.4 Å². The molecule has 4 rings (SSSR count). The summed E-state index contributed by atoms with van der Waals surface area (Å²) in [5.41, 5.74) is 16.3. The molecule has 0 saturated heterocycles. The van der Waals surface area contributed by atoms with Crippen LogP contribution in [-0.4, -0.2) is 22.1 Å². The van der Waals surface area contributed by atoms with Crippen molar-refractivity contribution in [3.8, 4) is 28.7 Å². The predicted molar refractivity (Wildman–Crippen MR) is 125 cm³/mol. The van der Waals surface area contributed by atoms with Crippen molar-refractivity contribution in [2.75, 3.05) is 18.6 Å². The highest BCUT2D eigenvalue weighted by Gasteiger charge is 2.09. The van der Waals surface area contributed by atoms with Gasteiger partial charge in [-0.15, -0.1) is 0 Å². The number of benzene rings is 2. The molecule has 0 amide bonds. The second-order valence-corrected chi connectivity index (χ2v) is 7.09. The first-order valence-corrected chi connectivity index (χ1v) is 10.0. The molecule has 0 aliphatic rings. The molecule has 31 heavy (non-hydrogen) atoms. The van der Waals surface area contributed by atoms with E-state index in [1.54, 1.807) is 7.11 Å². The molecule has 0 unspecified atom stereocenters. The van der Waals surface area contributed by atoms with Crippen molar-refractivity contribution in [3.63, 3.8) is 0 Å². The normalized spacial score (nSPS) is 10.5. The molecule has 2 heterocycles. The summed E-state index contributed by atoms with van der Waals surface area (Å²) < 4.78 is 5.55. The number of fused-ring (bicyclic) bond motifs is 1. The number of aromatic nitrogens is 3. The van der Waals surface area contributed by atoms with Gasteiger partial charge in [0.1, 0.15) is 11.6 Å². The smallest absolute Gasteiger partial charge is 0.222 e. The lowest BCUT2D eigenvalue weighted by molar-refractivity contribution is 0.414. The highest BCUT2D eigenvalue weighted by Crippen LogP contribution is 2.31. The van der Waals surface area contributed by atoms with Crippen molar-refractivity contribution in [1.29, 1.82) is 0 Å². The molecule has 0 spiro atoms. The first kappa shape index (κ1) is 20.2. The molecule has 6 nitrogen and oxygen atoms in total. The van der Waals surface area contributed by atoms with E-state index in [1.807, 2.05) is 43.6 Å². The van der Waals surface area contributed by atoms with Crippen molar-refractivity contribution in [2.24, 2.45) is 0 Å². The van der Waals surface area contributed by atoms with E-state index in [1.165, 1.54) is 0 Å². The minimum Gasteiger partial charge on any atom is -0.497 e. The van der Waals surface area contributed by atoms with Gasteiger partial charge in [0.15, 0.2) is 0 Å². The molecule has 154 valence electrons. The Bertz CT molecular complexity index is 1320. The Balaban J connectivity index is 1.71. The number of nitrogens with zero attached hydrogens (tertiary/aromatic N) is 3. The van der Waals surface area contributed by atoms with Gasteiger partial charge in [-0.25, -0.2) is 4.98 Å². The van der Waals surface area contributed by atoms with E-state index in [9.17, 15) is 0 Å². The summed E-state index contributed by atoms with van der Waals surface area (Å²) in [6.07, 6.45) is 4.89. The lowest BCUT2D eigenvalue weighted by atomic mass is 9.97. The van der Waals surface area contributed by atoms with Gasteiger partial charge < -0.3 is 16.2 Å². The zero-order chi connectivity index (χ0) is 21.8. The van der Waals surface area contributed by atoms with Gasteiger partial charge in [-0.05, 0) is 52.8 Å². The molecular formula is C25H23N5O. The number of methoxy groups -OCH3 is 1. The Morgan fingerprint density at radius 3 is 2.74 bits per heavy atom. The van der Waals surface area contributed by atoms with Crippen molar-refractivity contribution in [3.05, 3.63) is 71.7 Å². The summed E-state index contributed by atoms with van der Waals surface area (Å²) in [4.78, 5) is 12.5. The lowest BCUT2D eigenvalue weighted by Gasteiger charge is -2.10. The Kier molecular flexibility index (Phi) is 5.67. The molecule has 0 aliphatic carbocycles. The van der Waals surface area contributed by atoms with Crippen molar-refractivity contribution >= 4 is 22.5 Å². The van der Waals surface area contributed by atoms with E-state index in [0.29, 0.717) is 24.2 Å². The molecule has 0 bridgehead atoms. The van der Waals surface area contributed by atoms with Crippen LogP contribution in [0.2, 0.25) is 0 Å². The number of rotatable bonds is 4. The van der Waals surface area contributed by atoms with Crippen LogP contribution in [0.4, 0.5) is 11.8 Å². The van der Waals surface area contributed by atoms with Gasteiger partial charge in [-0.3, -0.25) is 4.98 Å². The SMILES string of the molecule is CCc1nc(N)nc(N)c1C#CCc1cc(OC)cc(-c2cccc3cnccc23)c1. The first-order valence-electron chi connectivity index (χ1n) is 10.0. The molecular weight excluding hydrogens is 386 g/mol. The topological polar surface area (TPSA) is 99.9 Å². The summed E-state index contributed by atoms with van der Waals surface area (Å²) in [6.45, 7) is 1.99. The van der Waals surface area contributed by atoms with E-state index >= 15 is 0 Å². The van der Waals surface area contributed by atoms with E-state index in [4.69, 9.17) is 16.2 Å². The third-order valence-electron chi connectivity index (χ3n) is 5.06. The maximum absolute atomic E-state index is 6.02. The van der Waals surface area contributed by atoms with E-state index in [2.05, 4.69) is 45.0 Å². The first-order chi connectivity index (χ1) is 15.1. The van der Waals surface area contributed by atoms with Gasteiger partial charge in [0.2, 0.25) is 5.95 Å². The van der Waals surface area contributed by atoms with Gasteiger partial charge in [-0.2, -0.15) is 4.98 Å². The van der Waals surface area contributed by atoms with Crippen LogP contribution in [0.3, 0.4) is 0 Å². The van der Waals surface area contributed by atoms with Crippen LogP contribution in [0.5, 0.6) is 5.75 Å². The number of nitrogen functional groups attached to an aromatic ring is 2. The van der Waals surface area contributed by atoms with Crippen LogP contribution in [0.1, 0.15) is 23.7 Å². The number of aryl methyl sites for hydroxylation is 1. The fourth-order valence-electron chi connectivity index (χ4n) is 3.58.